The first-order chi connectivity index (χ1) is 13.1. The number of carbonyl (C=O) groups is 1. The molecule has 28 heavy (non-hydrogen) atoms. The van der Waals surface area contributed by atoms with Crippen molar-refractivity contribution in [3.8, 4) is 0 Å². The van der Waals surface area contributed by atoms with Crippen LogP contribution in [0.15, 0.2) is 4.47 Å². The van der Waals surface area contributed by atoms with E-state index in [4.69, 9.17) is 0 Å². The van der Waals surface area contributed by atoms with Crippen molar-refractivity contribution in [1.29, 1.82) is 0 Å². The lowest BCUT2D eigenvalue weighted by molar-refractivity contribution is -0.142. The molecular weight excluding hydrogens is 435 g/mol. The number of halogens is 4. The van der Waals surface area contributed by atoms with Gasteiger partial charge in [-0.2, -0.15) is 18.3 Å². The summed E-state index contributed by atoms with van der Waals surface area (Å²) in [4.78, 5) is 13.0. The Morgan fingerprint density at radius 2 is 1.79 bits per heavy atom. The van der Waals surface area contributed by atoms with Gasteiger partial charge in [0.05, 0.1) is 4.47 Å². The molecule has 4 nitrogen and oxygen atoms in total. The molecule has 1 aromatic heterocycles. The van der Waals surface area contributed by atoms with Gasteiger partial charge in [0.1, 0.15) is 5.69 Å². The highest BCUT2D eigenvalue weighted by molar-refractivity contribution is 9.10. The van der Waals surface area contributed by atoms with E-state index in [1.54, 1.807) is 0 Å². The average Bonchev–Trinajstić information content (AvgIpc) is 2.88. The Balaban J connectivity index is 1.60. The maximum absolute atomic E-state index is 13.2. The number of amides is 1. The summed E-state index contributed by atoms with van der Waals surface area (Å²) in [6.07, 6.45) is 4.57. The fourth-order valence-electron chi connectivity index (χ4n) is 6.58. The molecule has 4 saturated carbocycles. The van der Waals surface area contributed by atoms with Crippen molar-refractivity contribution in [3.63, 3.8) is 0 Å². The van der Waals surface area contributed by atoms with E-state index >= 15 is 0 Å². The van der Waals surface area contributed by atoms with Crippen LogP contribution in [0.5, 0.6) is 0 Å². The van der Waals surface area contributed by atoms with Crippen LogP contribution in [0.2, 0.25) is 0 Å². The standard InChI is InChI=1S/C20H27BrF3N3O/c1-3-4-14(19-8-11-5-12(9-19)7-13(6-11)10-19)25-18(28)16-15(21)17(20(22,23)24)26-27(16)2/h11-14H,3-10H2,1-2H3,(H,25,28)/t11?,12?,13?,14-,19?/m0/s1. The van der Waals surface area contributed by atoms with Crippen LogP contribution >= 0.6 is 15.9 Å². The molecule has 1 aromatic rings. The topological polar surface area (TPSA) is 46.9 Å². The molecule has 1 atom stereocenters. The number of nitrogens with one attached hydrogen (secondary N) is 1. The number of rotatable bonds is 5. The van der Waals surface area contributed by atoms with E-state index in [9.17, 15) is 18.0 Å². The molecule has 156 valence electrons. The first kappa shape index (κ1) is 20.2. The second-order valence-electron chi connectivity index (χ2n) is 9.23. The Hall–Kier alpha value is -1.05. The molecule has 0 aliphatic heterocycles. The third kappa shape index (κ3) is 3.39. The van der Waals surface area contributed by atoms with Gasteiger partial charge in [-0.05, 0) is 84.0 Å². The summed E-state index contributed by atoms with van der Waals surface area (Å²) < 4.78 is 40.2. The van der Waals surface area contributed by atoms with Crippen LogP contribution in [0.25, 0.3) is 0 Å². The van der Waals surface area contributed by atoms with Crippen molar-refractivity contribution in [2.45, 2.75) is 70.5 Å². The molecule has 4 fully saturated rings. The molecular formula is C20H27BrF3N3O. The summed E-state index contributed by atoms with van der Waals surface area (Å²) in [6, 6.07) is 0.00883. The summed E-state index contributed by atoms with van der Waals surface area (Å²) >= 11 is 2.97. The van der Waals surface area contributed by atoms with Gasteiger partial charge in [0.25, 0.3) is 5.91 Å². The molecule has 4 aliphatic rings. The minimum absolute atomic E-state index is 0.00883. The van der Waals surface area contributed by atoms with Crippen molar-refractivity contribution in [2.75, 3.05) is 0 Å². The summed E-state index contributed by atoms with van der Waals surface area (Å²) in [5.41, 5.74) is -1.00. The van der Waals surface area contributed by atoms with Gasteiger partial charge >= 0.3 is 6.18 Å². The lowest BCUT2D eigenvalue weighted by Gasteiger charge is -2.59. The van der Waals surface area contributed by atoms with E-state index in [0.29, 0.717) is 0 Å². The lowest BCUT2D eigenvalue weighted by Crippen LogP contribution is -2.57. The molecule has 1 amide bonds. The highest BCUT2D eigenvalue weighted by Crippen LogP contribution is 2.61. The number of carbonyl (C=O) groups excluding carboxylic acids is 1. The average molecular weight is 462 g/mol. The largest absolute Gasteiger partial charge is 0.436 e. The summed E-state index contributed by atoms with van der Waals surface area (Å²) in [5, 5.41) is 6.67. The quantitative estimate of drug-likeness (QED) is 0.644. The Bertz CT molecular complexity index is 738. The minimum Gasteiger partial charge on any atom is -0.347 e. The Morgan fingerprint density at radius 3 is 2.21 bits per heavy atom. The molecule has 0 radical (unpaired) electrons. The Morgan fingerprint density at radius 1 is 1.25 bits per heavy atom. The first-order valence-electron chi connectivity index (χ1n) is 10.2. The molecule has 0 spiro atoms. The van der Waals surface area contributed by atoms with Gasteiger partial charge in [-0.25, -0.2) is 0 Å². The lowest BCUT2D eigenvalue weighted by atomic mass is 9.47. The van der Waals surface area contributed by atoms with E-state index in [0.717, 1.165) is 54.5 Å². The van der Waals surface area contributed by atoms with Crippen molar-refractivity contribution < 1.29 is 18.0 Å². The van der Waals surface area contributed by atoms with Crippen molar-refractivity contribution >= 4 is 21.8 Å². The zero-order chi connectivity index (χ0) is 20.3. The molecule has 0 aromatic carbocycles. The zero-order valence-electron chi connectivity index (χ0n) is 16.3. The van der Waals surface area contributed by atoms with Gasteiger partial charge < -0.3 is 5.32 Å². The van der Waals surface area contributed by atoms with E-state index in [1.165, 1.54) is 26.3 Å². The van der Waals surface area contributed by atoms with Crippen molar-refractivity contribution in [3.05, 3.63) is 15.9 Å². The van der Waals surface area contributed by atoms with Crippen molar-refractivity contribution in [1.82, 2.24) is 15.1 Å². The molecule has 4 aliphatic carbocycles. The molecule has 1 heterocycles. The normalized spacial score (nSPS) is 32.6. The highest BCUT2D eigenvalue weighted by atomic mass is 79.9. The fourth-order valence-corrected chi connectivity index (χ4v) is 7.32. The van der Waals surface area contributed by atoms with Gasteiger partial charge in [-0.15, -0.1) is 0 Å². The highest BCUT2D eigenvalue weighted by Gasteiger charge is 2.54. The number of hydrogen-bond acceptors (Lipinski definition) is 2. The summed E-state index contributed by atoms with van der Waals surface area (Å²) in [6.45, 7) is 2.10. The summed E-state index contributed by atoms with van der Waals surface area (Å²) in [7, 11) is 1.38. The number of aromatic nitrogens is 2. The number of alkyl halides is 3. The van der Waals surface area contributed by atoms with E-state index in [2.05, 4.69) is 33.3 Å². The van der Waals surface area contributed by atoms with Gasteiger partial charge in [-0.3, -0.25) is 9.48 Å². The van der Waals surface area contributed by atoms with Gasteiger partial charge in [0.15, 0.2) is 5.69 Å². The van der Waals surface area contributed by atoms with Gasteiger partial charge in [-0.1, -0.05) is 13.3 Å². The fraction of sp³-hybridized carbons (Fsp3) is 0.800. The monoisotopic (exact) mass is 461 g/mol. The van der Waals surface area contributed by atoms with Crippen LogP contribution in [0, 0.1) is 23.2 Å². The maximum atomic E-state index is 13.2. The molecule has 0 saturated heterocycles. The second-order valence-corrected chi connectivity index (χ2v) is 10.0. The first-order valence-corrected chi connectivity index (χ1v) is 11.0. The minimum atomic E-state index is -4.60. The Kier molecular flexibility index (Phi) is 5.08. The van der Waals surface area contributed by atoms with Gasteiger partial charge in [0.2, 0.25) is 0 Å². The molecule has 1 N–H and O–H groups in total. The number of aryl methyl sites for hydroxylation is 1. The molecule has 8 heteroatoms. The number of hydrogen-bond donors (Lipinski definition) is 1. The predicted octanol–water partition coefficient (Wildman–Crippen LogP) is 5.32. The smallest absolute Gasteiger partial charge is 0.347 e. The van der Waals surface area contributed by atoms with E-state index in [1.807, 2.05) is 0 Å². The summed E-state index contributed by atoms with van der Waals surface area (Å²) in [5.74, 6) is 1.79. The van der Waals surface area contributed by atoms with Gasteiger partial charge in [0, 0.05) is 13.1 Å². The number of nitrogens with zero attached hydrogens (tertiary/aromatic N) is 2. The van der Waals surface area contributed by atoms with Crippen LogP contribution < -0.4 is 5.32 Å². The van der Waals surface area contributed by atoms with Crippen LogP contribution in [0.3, 0.4) is 0 Å². The molecule has 5 rings (SSSR count). The predicted molar refractivity (Wildman–Crippen MR) is 103 cm³/mol. The molecule has 0 unspecified atom stereocenters. The SMILES string of the molecule is CCC[C@H](NC(=O)c1c(Br)c(C(F)(F)F)nn1C)C12CC3CC(CC(C3)C1)C2. The van der Waals surface area contributed by atoms with Crippen LogP contribution in [-0.4, -0.2) is 21.7 Å². The Labute approximate surface area is 171 Å². The third-order valence-electron chi connectivity index (χ3n) is 7.18. The van der Waals surface area contributed by atoms with Crippen LogP contribution in [0.4, 0.5) is 13.2 Å². The third-order valence-corrected chi connectivity index (χ3v) is 7.93. The maximum Gasteiger partial charge on any atom is 0.436 e. The van der Waals surface area contributed by atoms with Crippen molar-refractivity contribution in [2.24, 2.45) is 30.2 Å². The zero-order valence-corrected chi connectivity index (χ0v) is 17.9. The van der Waals surface area contributed by atoms with E-state index < -0.39 is 17.8 Å². The molecule has 4 bridgehead atoms. The van der Waals surface area contributed by atoms with Crippen LogP contribution in [0.1, 0.15) is 74.5 Å². The second kappa shape index (κ2) is 7.03. The van der Waals surface area contributed by atoms with E-state index in [-0.39, 0.29) is 21.6 Å². The van der Waals surface area contributed by atoms with Crippen LogP contribution in [-0.2, 0) is 13.2 Å².